The summed E-state index contributed by atoms with van der Waals surface area (Å²) in [5, 5.41) is 14.2. The number of carbonyl (C=O) groups is 2. The molecule has 3 N–H and O–H groups in total. The molecule has 1 rings (SSSR count). The van der Waals surface area contributed by atoms with E-state index in [1.54, 1.807) is 6.92 Å². The van der Waals surface area contributed by atoms with Crippen LogP contribution in [0.25, 0.3) is 0 Å². The molecule has 0 saturated heterocycles. The van der Waals surface area contributed by atoms with Crippen molar-refractivity contribution in [2.24, 2.45) is 5.92 Å². The number of nitrogens with one attached hydrogen (secondary N) is 2. The lowest BCUT2D eigenvalue weighted by Gasteiger charge is -2.18. The molecule has 5 nitrogen and oxygen atoms in total. The highest BCUT2D eigenvalue weighted by Gasteiger charge is 2.37. The minimum absolute atomic E-state index is 0.183. The number of carboxylic acids is 1. The van der Waals surface area contributed by atoms with Gasteiger partial charge in [-0.25, -0.2) is 0 Å². The molecule has 0 aromatic carbocycles. The van der Waals surface area contributed by atoms with Gasteiger partial charge in [0.1, 0.15) is 6.04 Å². The molecule has 80 valence electrons. The summed E-state index contributed by atoms with van der Waals surface area (Å²) in [5.74, 6) is -0.861. The number of likely N-dealkylation sites (N-methyl/N-ethyl adjacent to an activating group) is 1. The van der Waals surface area contributed by atoms with Gasteiger partial charge in [-0.15, -0.1) is 0 Å². The van der Waals surface area contributed by atoms with E-state index in [-0.39, 0.29) is 11.8 Å². The molecule has 0 heterocycles. The zero-order chi connectivity index (χ0) is 10.7. The lowest BCUT2D eigenvalue weighted by Crippen LogP contribution is -2.49. The van der Waals surface area contributed by atoms with Crippen molar-refractivity contribution < 1.29 is 14.7 Å². The van der Waals surface area contributed by atoms with Crippen LogP contribution >= 0.6 is 0 Å². The van der Waals surface area contributed by atoms with Crippen LogP contribution in [0.1, 0.15) is 19.8 Å². The van der Waals surface area contributed by atoms with E-state index in [0.717, 1.165) is 12.8 Å². The van der Waals surface area contributed by atoms with Crippen LogP contribution in [0.3, 0.4) is 0 Å². The van der Waals surface area contributed by atoms with E-state index in [2.05, 4.69) is 10.6 Å². The van der Waals surface area contributed by atoms with Crippen molar-refractivity contribution in [1.82, 2.24) is 10.6 Å². The second-order valence-corrected chi connectivity index (χ2v) is 3.66. The normalized spacial score (nSPS) is 19.9. The summed E-state index contributed by atoms with van der Waals surface area (Å²) in [7, 11) is 1.54. The molecule has 5 heteroatoms. The largest absolute Gasteiger partial charge is 0.480 e. The van der Waals surface area contributed by atoms with Crippen LogP contribution in [0.5, 0.6) is 0 Å². The predicted molar refractivity (Wildman–Crippen MR) is 50.8 cm³/mol. The van der Waals surface area contributed by atoms with Crippen LogP contribution in [-0.2, 0) is 9.59 Å². The molecular formula is C9H16N2O3. The van der Waals surface area contributed by atoms with E-state index in [1.807, 2.05) is 0 Å². The lowest BCUT2D eigenvalue weighted by atomic mass is 10.1. The molecule has 2 unspecified atom stereocenters. The van der Waals surface area contributed by atoms with E-state index in [0.29, 0.717) is 0 Å². The smallest absolute Gasteiger partial charge is 0.321 e. The Hall–Kier alpha value is -1.10. The van der Waals surface area contributed by atoms with Crippen LogP contribution in [0.4, 0.5) is 0 Å². The number of carbonyl (C=O) groups excluding carboxylic acids is 1. The molecule has 1 saturated carbocycles. The summed E-state index contributed by atoms with van der Waals surface area (Å²) >= 11 is 0. The monoisotopic (exact) mass is 200 g/mol. The van der Waals surface area contributed by atoms with Gasteiger partial charge in [0.15, 0.2) is 0 Å². The fraction of sp³-hybridized carbons (Fsp3) is 0.778. The van der Waals surface area contributed by atoms with Crippen LogP contribution < -0.4 is 10.6 Å². The van der Waals surface area contributed by atoms with Crippen molar-refractivity contribution >= 4 is 11.9 Å². The second kappa shape index (κ2) is 4.41. The fourth-order valence-corrected chi connectivity index (χ4v) is 1.40. The van der Waals surface area contributed by atoms with Crippen LogP contribution in [0.15, 0.2) is 0 Å². The van der Waals surface area contributed by atoms with Crippen LogP contribution in [0, 0.1) is 5.92 Å². The van der Waals surface area contributed by atoms with Crippen LogP contribution in [0.2, 0.25) is 0 Å². The minimum atomic E-state index is -0.872. The Morgan fingerprint density at radius 1 is 1.43 bits per heavy atom. The van der Waals surface area contributed by atoms with Gasteiger partial charge >= 0.3 is 5.97 Å². The predicted octanol–water partition coefficient (Wildman–Crippen LogP) is -0.426. The third kappa shape index (κ3) is 2.70. The Labute approximate surface area is 82.9 Å². The highest BCUT2D eigenvalue weighted by atomic mass is 16.4. The first-order chi connectivity index (χ1) is 6.56. The Morgan fingerprint density at radius 3 is 2.36 bits per heavy atom. The van der Waals surface area contributed by atoms with Gasteiger partial charge in [-0.05, 0) is 25.7 Å². The third-order valence-electron chi connectivity index (χ3n) is 2.43. The van der Waals surface area contributed by atoms with E-state index >= 15 is 0 Å². The van der Waals surface area contributed by atoms with Gasteiger partial charge in [0.05, 0.1) is 6.04 Å². The molecule has 0 spiro atoms. The van der Waals surface area contributed by atoms with Crippen molar-refractivity contribution in [2.45, 2.75) is 31.8 Å². The molecule has 0 radical (unpaired) electrons. The van der Waals surface area contributed by atoms with Crippen molar-refractivity contribution in [3.05, 3.63) is 0 Å². The maximum absolute atomic E-state index is 11.1. The van der Waals surface area contributed by atoms with Gasteiger partial charge in [0.2, 0.25) is 5.91 Å². The molecule has 0 aromatic heterocycles. The van der Waals surface area contributed by atoms with Crippen molar-refractivity contribution in [1.29, 1.82) is 0 Å². The first-order valence-electron chi connectivity index (χ1n) is 4.76. The number of hydrogen-bond acceptors (Lipinski definition) is 3. The standard InChI is InChI=1S/C9H16N2O3/c1-5(8(12)10-2)11-7(9(13)14)6-3-4-6/h5-7,11H,3-4H2,1-2H3,(H,10,12)(H,13,14). The first-order valence-corrected chi connectivity index (χ1v) is 4.76. The number of amides is 1. The van der Waals surface area contributed by atoms with Crippen molar-refractivity contribution in [2.75, 3.05) is 7.05 Å². The van der Waals surface area contributed by atoms with Gasteiger partial charge in [0.25, 0.3) is 0 Å². The quantitative estimate of drug-likeness (QED) is 0.563. The highest BCUT2D eigenvalue weighted by molar-refractivity contribution is 5.82. The molecule has 2 atom stereocenters. The van der Waals surface area contributed by atoms with Gasteiger partial charge in [-0.2, -0.15) is 0 Å². The number of carboxylic acid groups (broad SMARTS) is 1. The first kappa shape index (κ1) is 11.0. The third-order valence-corrected chi connectivity index (χ3v) is 2.43. The van der Waals surface area contributed by atoms with E-state index in [1.165, 1.54) is 7.05 Å². The Bertz CT molecular complexity index is 238. The summed E-state index contributed by atoms with van der Waals surface area (Å²) in [4.78, 5) is 22.0. The Morgan fingerprint density at radius 2 is 2.00 bits per heavy atom. The van der Waals surface area contributed by atoms with Gasteiger partial charge in [-0.1, -0.05) is 0 Å². The summed E-state index contributed by atoms with van der Waals surface area (Å²) < 4.78 is 0. The molecule has 0 aromatic rings. The number of aliphatic carboxylic acids is 1. The number of rotatable bonds is 5. The summed E-state index contributed by atoms with van der Waals surface area (Å²) in [6.45, 7) is 1.66. The molecule has 14 heavy (non-hydrogen) atoms. The Kier molecular flexibility index (Phi) is 3.46. The summed E-state index contributed by atoms with van der Waals surface area (Å²) in [5.41, 5.74) is 0. The average Bonchev–Trinajstić information content (AvgIpc) is 2.95. The molecule has 1 fully saturated rings. The SMILES string of the molecule is CNC(=O)C(C)NC(C(=O)O)C1CC1. The molecule has 0 aliphatic heterocycles. The average molecular weight is 200 g/mol. The summed E-state index contributed by atoms with van der Waals surface area (Å²) in [6.07, 6.45) is 1.87. The van der Waals surface area contributed by atoms with Gasteiger partial charge in [0, 0.05) is 7.05 Å². The maximum Gasteiger partial charge on any atom is 0.321 e. The fourth-order valence-electron chi connectivity index (χ4n) is 1.40. The molecule has 1 amide bonds. The molecular weight excluding hydrogens is 184 g/mol. The topological polar surface area (TPSA) is 78.4 Å². The number of hydrogen-bond donors (Lipinski definition) is 3. The molecule has 0 bridgehead atoms. The maximum atomic E-state index is 11.1. The molecule has 1 aliphatic rings. The van der Waals surface area contributed by atoms with Gasteiger partial charge in [-0.3, -0.25) is 14.9 Å². The minimum Gasteiger partial charge on any atom is -0.480 e. The second-order valence-electron chi connectivity index (χ2n) is 3.66. The zero-order valence-electron chi connectivity index (χ0n) is 8.41. The lowest BCUT2D eigenvalue weighted by molar-refractivity contribution is -0.140. The van der Waals surface area contributed by atoms with E-state index in [9.17, 15) is 9.59 Å². The zero-order valence-corrected chi connectivity index (χ0v) is 8.41. The van der Waals surface area contributed by atoms with E-state index < -0.39 is 18.1 Å². The van der Waals surface area contributed by atoms with Crippen molar-refractivity contribution in [3.8, 4) is 0 Å². The van der Waals surface area contributed by atoms with Crippen molar-refractivity contribution in [3.63, 3.8) is 0 Å². The highest BCUT2D eigenvalue weighted by Crippen LogP contribution is 2.32. The molecule has 1 aliphatic carbocycles. The Balaban J connectivity index is 2.46. The van der Waals surface area contributed by atoms with E-state index in [4.69, 9.17) is 5.11 Å². The van der Waals surface area contributed by atoms with Crippen LogP contribution in [-0.4, -0.2) is 36.1 Å². The van der Waals surface area contributed by atoms with Gasteiger partial charge < -0.3 is 10.4 Å². The summed E-state index contributed by atoms with van der Waals surface area (Å²) in [6, 6.07) is -1.04.